The highest BCUT2D eigenvalue weighted by Crippen LogP contribution is 2.20. The fourth-order valence-corrected chi connectivity index (χ4v) is 2.02. The number of ketones is 1. The lowest BCUT2D eigenvalue weighted by Gasteiger charge is -2.21. The molecule has 0 spiro atoms. The summed E-state index contributed by atoms with van der Waals surface area (Å²) in [4.78, 5) is 23.2. The van der Waals surface area contributed by atoms with Crippen LogP contribution in [0.4, 0.5) is 0 Å². The second-order valence-corrected chi connectivity index (χ2v) is 6.59. The number of rotatable bonds is 4. The zero-order valence-electron chi connectivity index (χ0n) is 11.0. The van der Waals surface area contributed by atoms with Crippen molar-refractivity contribution in [1.29, 1.82) is 0 Å². The molecule has 8 heteroatoms. The van der Waals surface area contributed by atoms with E-state index < -0.39 is 33.6 Å². The second kappa shape index (κ2) is 5.70. The van der Waals surface area contributed by atoms with Gasteiger partial charge in [-0.3, -0.25) is 4.79 Å². The van der Waals surface area contributed by atoms with Crippen LogP contribution in [-0.4, -0.2) is 55.5 Å². The van der Waals surface area contributed by atoms with Gasteiger partial charge in [-0.1, -0.05) is 0 Å². The van der Waals surface area contributed by atoms with Gasteiger partial charge < -0.3 is 9.84 Å². The number of hydrogen-bond donors (Lipinski definition) is 1. The van der Waals surface area contributed by atoms with Crippen molar-refractivity contribution in [3.05, 3.63) is 11.3 Å². The van der Waals surface area contributed by atoms with E-state index in [1.807, 2.05) is 0 Å². The Morgan fingerprint density at radius 2 is 2.05 bits per heavy atom. The van der Waals surface area contributed by atoms with Gasteiger partial charge in [0, 0.05) is 26.4 Å². The van der Waals surface area contributed by atoms with Gasteiger partial charge in [0.05, 0.1) is 6.26 Å². The fourth-order valence-electron chi connectivity index (χ4n) is 1.59. The summed E-state index contributed by atoms with van der Waals surface area (Å²) in [5.41, 5.74) is -0.375. The lowest BCUT2D eigenvalue weighted by Crippen LogP contribution is -2.32. The molecular weight excluding hydrogens is 274 g/mol. The van der Waals surface area contributed by atoms with Crippen molar-refractivity contribution < 1.29 is 27.9 Å². The summed E-state index contributed by atoms with van der Waals surface area (Å²) in [6, 6.07) is 0. The number of aliphatic hydroxyl groups is 1. The Kier molecular flexibility index (Phi) is 4.70. The van der Waals surface area contributed by atoms with Crippen LogP contribution < -0.4 is 0 Å². The molecule has 0 radical (unpaired) electrons. The third kappa shape index (κ3) is 4.03. The number of esters is 1. The van der Waals surface area contributed by atoms with Crippen LogP contribution in [0.15, 0.2) is 11.3 Å². The highest BCUT2D eigenvalue weighted by molar-refractivity contribution is 7.88. The van der Waals surface area contributed by atoms with Gasteiger partial charge in [-0.15, -0.1) is 0 Å². The molecule has 7 nitrogen and oxygen atoms in total. The van der Waals surface area contributed by atoms with Gasteiger partial charge in [0.25, 0.3) is 0 Å². The van der Waals surface area contributed by atoms with Gasteiger partial charge in [-0.25, -0.2) is 17.5 Å². The van der Waals surface area contributed by atoms with Crippen LogP contribution in [0.1, 0.15) is 19.8 Å². The van der Waals surface area contributed by atoms with Crippen LogP contribution in [0.5, 0.6) is 0 Å². The maximum Gasteiger partial charge on any atom is 0.345 e. The molecule has 108 valence electrons. The molecule has 0 bridgehead atoms. The molecule has 1 fully saturated rings. The molecule has 19 heavy (non-hydrogen) atoms. The predicted molar refractivity (Wildman–Crippen MR) is 66.9 cm³/mol. The number of hydrogen-bond acceptors (Lipinski definition) is 6. The minimum absolute atomic E-state index is 0.0209. The molecule has 1 heterocycles. The van der Waals surface area contributed by atoms with Crippen LogP contribution in [0.25, 0.3) is 0 Å². The number of ether oxygens (including phenoxy) is 1. The Labute approximate surface area is 111 Å². The highest BCUT2D eigenvalue weighted by atomic mass is 32.2. The zero-order valence-corrected chi connectivity index (χ0v) is 11.9. The number of Topliss-reactive ketones (excluding diaryl/α,β-unsaturated/α-hetero) is 1. The summed E-state index contributed by atoms with van der Waals surface area (Å²) in [6.07, 6.45) is 0.426. The highest BCUT2D eigenvalue weighted by Gasteiger charge is 2.32. The number of cyclic esters (lactones) is 1. The van der Waals surface area contributed by atoms with Gasteiger partial charge in [0.15, 0.2) is 5.78 Å². The third-order valence-corrected chi connectivity index (χ3v) is 4.10. The van der Waals surface area contributed by atoms with Crippen LogP contribution in [0.2, 0.25) is 0 Å². The Hall–Kier alpha value is -1.41. The Morgan fingerprint density at radius 1 is 1.47 bits per heavy atom. The fraction of sp³-hybridized carbons (Fsp3) is 0.636. The van der Waals surface area contributed by atoms with Crippen LogP contribution in [0.3, 0.4) is 0 Å². The number of carbonyl (C=O) groups is 2. The molecule has 0 amide bonds. The predicted octanol–water partition coefficient (Wildman–Crippen LogP) is -0.0155. The largest absolute Gasteiger partial charge is 0.511 e. The summed E-state index contributed by atoms with van der Waals surface area (Å²) in [7, 11) is -2.02. The maximum absolute atomic E-state index is 11.6. The molecule has 0 aromatic heterocycles. The van der Waals surface area contributed by atoms with Crippen molar-refractivity contribution in [1.82, 2.24) is 4.31 Å². The summed E-state index contributed by atoms with van der Waals surface area (Å²) < 4.78 is 28.2. The van der Waals surface area contributed by atoms with Crippen molar-refractivity contribution in [2.24, 2.45) is 0 Å². The van der Waals surface area contributed by atoms with Gasteiger partial charge in [-0.05, 0) is 6.92 Å². The Morgan fingerprint density at radius 3 is 2.53 bits per heavy atom. The normalized spacial score (nSPS) is 23.5. The molecule has 0 aliphatic carbocycles. The van der Waals surface area contributed by atoms with Crippen molar-refractivity contribution >= 4 is 21.8 Å². The van der Waals surface area contributed by atoms with E-state index >= 15 is 0 Å². The first-order valence-corrected chi connectivity index (χ1v) is 7.55. The van der Waals surface area contributed by atoms with E-state index in [4.69, 9.17) is 4.74 Å². The smallest absolute Gasteiger partial charge is 0.345 e. The molecule has 1 rings (SSSR count). The Bertz CT molecular complexity index is 501. The van der Waals surface area contributed by atoms with Crippen LogP contribution >= 0.6 is 0 Å². The summed E-state index contributed by atoms with van der Waals surface area (Å²) in [6.45, 7) is 1.56. The Balaban J connectivity index is 2.80. The van der Waals surface area contributed by atoms with E-state index in [1.54, 1.807) is 6.92 Å². The SMILES string of the molecule is C[C@@H]1CC(=O)/C(=C(\O)CCN(C)S(C)(=O)=O)C(=O)O1. The molecule has 1 N–H and O–H groups in total. The molecule has 1 aliphatic rings. The molecular formula is C11H17NO6S. The summed E-state index contributed by atoms with van der Waals surface area (Å²) in [5.74, 6) is -1.77. The van der Waals surface area contributed by atoms with Crippen molar-refractivity contribution in [3.63, 3.8) is 0 Å². The molecule has 0 aromatic rings. The maximum atomic E-state index is 11.6. The van der Waals surface area contributed by atoms with Crippen LogP contribution in [0, 0.1) is 0 Å². The van der Waals surface area contributed by atoms with E-state index in [2.05, 4.69) is 0 Å². The number of nitrogens with zero attached hydrogens (tertiary/aromatic N) is 1. The van der Waals surface area contributed by atoms with Gasteiger partial charge in [0.1, 0.15) is 17.4 Å². The molecule has 0 aromatic carbocycles. The molecule has 1 aliphatic heterocycles. The van der Waals surface area contributed by atoms with E-state index in [-0.39, 0.29) is 25.0 Å². The zero-order chi connectivity index (χ0) is 14.8. The van der Waals surface area contributed by atoms with Gasteiger partial charge >= 0.3 is 5.97 Å². The van der Waals surface area contributed by atoms with Gasteiger partial charge in [0.2, 0.25) is 10.0 Å². The minimum atomic E-state index is -3.37. The lowest BCUT2D eigenvalue weighted by atomic mass is 10.0. The molecule has 0 saturated carbocycles. The van der Waals surface area contributed by atoms with E-state index in [0.717, 1.165) is 10.6 Å². The summed E-state index contributed by atoms with van der Waals surface area (Å²) in [5, 5.41) is 9.75. The third-order valence-electron chi connectivity index (χ3n) is 2.78. The second-order valence-electron chi connectivity index (χ2n) is 4.50. The van der Waals surface area contributed by atoms with Crippen molar-refractivity contribution in [2.75, 3.05) is 19.8 Å². The van der Waals surface area contributed by atoms with E-state index in [1.165, 1.54) is 7.05 Å². The lowest BCUT2D eigenvalue weighted by molar-refractivity contribution is -0.150. The first-order chi connectivity index (χ1) is 8.62. The topological polar surface area (TPSA) is 101 Å². The van der Waals surface area contributed by atoms with E-state index in [0.29, 0.717) is 0 Å². The minimum Gasteiger partial charge on any atom is -0.511 e. The number of carbonyl (C=O) groups excluding carboxylic acids is 2. The molecule has 1 saturated heterocycles. The monoisotopic (exact) mass is 291 g/mol. The number of sulfonamides is 1. The van der Waals surface area contributed by atoms with Gasteiger partial charge in [-0.2, -0.15) is 0 Å². The van der Waals surface area contributed by atoms with Crippen LogP contribution in [-0.2, 0) is 24.3 Å². The van der Waals surface area contributed by atoms with Crippen molar-refractivity contribution in [2.45, 2.75) is 25.9 Å². The quantitative estimate of drug-likeness (QED) is 0.338. The van der Waals surface area contributed by atoms with Crippen molar-refractivity contribution in [3.8, 4) is 0 Å². The molecule has 1 atom stereocenters. The average molecular weight is 291 g/mol. The summed E-state index contributed by atoms with van der Waals surface area (Å²) >= 11 is 0. The molecule has 0 unspecified atom stereocenters. The van der Waals surface area contributed by atoms with E-state index in [9.17, 15) is 23.1 Å². The first-order valence-electron chi connectivity index (χ1n) is 5.70. The number of aliphatic hydroxyl groups excluding tert-OH is 1. The standard InChI is InChI=1S/C11H17NO6S/c1-7-6-9(14)10(11(15)18-7)8(13)4-5-12(2)19(3,16)17/h7,13H,4-6H2,1-3H3/b10-8+/t7-/m1/s1. The average Bonchev–Trinajstić information content (AvgIpc) is 2.22. The first kappa shape index (κ1) is 15.6.